The van der Waals surface area contributed by atoms with Crippen molar-refractivity contribution in [3.63, 3.8) is 0 Å². The van der Waals surface area contributed by atoms with Crippen molar-refractivity contribution in [1.29, 1.82) is 0 Å². The average Bonchev–Trinajstić information content (AvgIpc) is 2.87. The van der Waals surface area contributed by atoms with Gasteiger partial charge in [-0.2, -0.15) is 0 Å². The lowest BCUT2D eigenvalue weighted by atomic mass is 10.00. The van der Waals surface area contributed by atoms with Gasteiger partial charge in [-0.1, -0.05) is 12.8 Å². The maximum Gasteiger partial charge on any atom is 0.106 e. The second-order valence-corrected chi connectivity index (χ2v) is 5.12. The highest BCUT2D eigenvalue weighted by atomic mass is 32.1. The highest BCUT2D eigenvalue weighted by molar-refractivity contribution is 7.09. The summed E-state index contributed by atoms with van der Waals surface area (Å²) >= 11 is 1.73. The normalized spacial score (nSPS) is 20.1. The molecule has 1 atom stereocenters. The zero-order chi connectivity index (χ0) is 9.80. The Hall–Kier alpha value is -0.410. The molecule has 78 valence electrons. The first kappa shape index (κ1) is 10.1. The van der Waals surface area contributed by atoms with Crippen molar-refractivity contribution < 1.29 is 0 Å². The summed E-state index contributed by atoms with van der Waals surface area (Å²) in [5.41, 5.74) is 0. The lowest BCUT2D eigenvalue weighted by Gasteiger charge is -2.19. The first-order chi connectivity index (χ1) is 6.86. The van der Waals surface area contributed by atoms with Crippen LogP contribution in [0.3, 0.4) is 0 Å². The van der Waals surface area contributed by atoms with Crippen molar-refractivity contribution in [2.75, 3.05) is 0 Å². The van der Waals surface area contributed by atoms with E-state index < -0.39 is 0 Å². The summed E-state index contributed by atoms with van der Waals surface area (Å²) in [7, 11) is 0. The predicted octanol–water partition coefficient (Wildman–Crippen LogP) is 2.81. The number of aromatic nitrogens is 1. The summed E-state index contributed by atoms with van der Waals surface area (Å²) in [5.74, 6) is 0.898. The van der Waals surface area contributed by atoms with Gasteiger partial charge in [0.2, 0.25) is 0 Å². The van der Waals surface area contributed by atoms with Gasteiger partial charge < -0.3 is 5.32 Å². The molecule has 0 radical (unpaired) electrons. The molecule has 1 N–H and O–H groups in total. The van der Waals surface area contributed by atoms with Crippen molar-refractivity contribution in [3.05, 3.63) is 16.6 Å². The molecule has 1 heterocycles. The van der Waals surface area contributed by atoms with Gasteiger partial charge in [-0.3, -0.25) is 0 Å². The van der Waals surface area contributed by atoms with Crippen molar-refractivity contribution in [1.82, 2.24) is 10.3 Å². The molecule has 0 bridgehead atoms. The Morgan fingerprint density at radius 2 is 2.36 bits per heavy atom. The molecule has 1 aromatic heterocycles. The van der Waals surface area contributed by atoms with Crippen LogP contribution in [0.4, 0.5) is 0 Å². The molecule has 1 fully saturated rings. The van der Waals surface area contributed by atoms with E-state index in [0.29, 0.717) is 6.04 Å². The summed E-state index contributed by atoms with van der Waals surface area (Å²) in [6, 6.07) is 0.654. The zero-order valence-electron chi connectivity index (χ0n) is 8.70. The van der Waals surface area contributed by atoms with Crippen molar-refractivity contribution in [2.24, 2.45) is 5.92 Å². The smallest absolute Gasteiger partial charge is 0.106 e. The molecule has 2 rings (SSSR count). The van der Waals surface area contributed by atoms with Crippen molar-refractivity contribution in [2.45, 2.75) is 45.2 Å². The van der Waals surface area contributed by atoms with Gasteiger partial charge in [0, 0.05) is 24.2 Å². The van der Waals surface area contributed by atoms with E-state index in [1.54, 1.807) is 11.3 Å². The van der Waals surface area contributed by atoms with E-state index in [-0.39, 0.29) is 0 Å². The third-order valence-corrected chi connectivity index (χ3v) is 3.95. The van der Waals surface area contributed by atoms with Gasteiger partial charge in [-0.15, -0.1) is 11.3 Å². The number of nitrogens with zero attached hydrogens (tertiary/aromatic N) is 1. The third-order valence-electron chi connectivity index (χ3n) is 3.17. The summed E-state index contributed by atoms with van der Waals surface area (Å²) in [6.07, 6.45) is 7.54. The number of thiazole rings is 1. The summed E-state index contributed by atoms with van der Waals surface area (Å²) in [5, 5.41) is 6.82. The van der Waals surface area contributed by atoms with Crippen molar-refractivity contribution >= 4 is 11.3 Å². The maximum atomic E-state index is 4.27. The highest BCUT2D eigenvalue weighted by Crippen LogP contribution is 2.27. The second-order valence-electron chi connectivity index (χ2n) is 4.14. The molecule has 2 nitrogen and oxygen atoms in total. The van der Waals surface area contributed by atoms with Gasteiger partial charge in [0.05, 0.1) is 0 Å². The summed E-state index contributed by atoms with van der Waals surface area (Å²) < 4.78 is 0. The largest absolute Gasteiger partial charge is 0.308 e. The third kappa shape index (κ3) is 2.55. The van der Waals surface area contributed by atoms with Crippen LogP contribution in [-0.2, 0) is 6.54 Å². The Balaban J connectivity index is 1.74. The van der Waals surface area contributed by atoms with Crippen LogP contribution in [0.2, 0.25) is 0 Å². The minimum Gasteiger partial charge on any atom is -0.308 e. The molecule has 0 aromatic carbocycles. The molecule has 0 saturated heterocycles. The van der Waals surface area contributed by atoms with Crippen LogP contribution in [0.15, 0.2) is 11.6 Å². The minimum absolute atomic E-state index is 0.654. The van der Waals surface area contributed by atoms with Crippen LogP contribution in [-0.4, -0.2) is 11.0 Å². The van der Waals surface area contributed by atoms with Crippen LogP contribution in [0.5, 0.6) is 0 Å². The second kappa shape index (κ2) is 4.89. The van der Waals surface area contributed by atoms with Gasteiger partial charge in [0.1, 0.15) is 5.01 Å². The predicted molar refractivity (Wildman–Crippen MR) is 60.4 cm³/mol. The number of hydrogen-bond donors (Lipinski definition) is 1. The molecule has 1 saturated carbocycles. The number of hydrogen-bond acceptors (Lipinski definition) is 3. The fourth-order valence-electron chi connectivity index (χ4n) is 2.21. The van der Waals surface area contributed by atoms with Gasteiger partial charge >= 0.3 is 0 Å². The Kier molecular flexibility index (Phi) is 3.54. The minimum atomic E-state index is 0.654. The molecule has 3 heteroatoms. The molecule has 0 unspecified atom stereocenters. The van der Waals surface area contributed by atoms with Crippen LogP contribution in [0.25, 0.3) is 0 Å². The molecule has 1 aliphatic rings. The van der Waals surface area contributed by atoms with E-state index in [4.69, 9.17) is 0 Å². The SMILES string of the molecule is C[C@H](NCc1nccs1)C1CCCC1. The maximum absolute atomic E-state index is 4.27. The average molecular weight is 210 g/mol. The molecule has 0 amide bonds. The summed E-state index contributed by atoms with van der Waals surface area (Å²) in [4.78, 5) is 4.27. The first-order valence-corrected chi connectivity index (χ1v) is 6.36. The van der Waals surface area contributed by atoms with Gasteiger partial charge in [-0.05, 0) is 25.7 Å². The lowest BCUT2D eigenvalue weighted by Crippen LogP contribution is -2.31. The fourth-order valence-corrected chi connectivity index (χ4v) is 2.78. The number of nitrogens with one attached hydrogen (secondary N) is 1. The molecule has 1 aromatic rings. The van der Waals surface area contributed by atoms with E-state index in [1.807, 2.05) is 11.6 Å². The van der Waals surface area contributed by atoms with Gasteiger partial charge in [0.25, 0.3) is 0 Å². The molecule has 0 aliphatic heterocycles. The van der Waals surface area contributed by atoms with E-state index >= 15 is 0 Å². The topological polar surface area (TPSA) is 24.9 Å². The van der Waals surface area contributed by atoms with Crippen LogP contribution < -0.4 is 5.32 Å². The van der Waals surface area contributed by atoms with Crippen molar-refractivity contribution in [3.8, 4) is 0 Å². The van der Waals surface area contributed by atoms with E-state index in [1.165, 1.54) is 30.7 Å². The molecule has 1 aliphatic carbocycles. The van der Waals surface area contributed by atoms with E-state index in [0.717, 1.165) is 12.5 Å². The lowest BCUT2D eigenvalue weighted by molar-refractivity contribution is 0.380. The Morgan fingerprint density at radius 3 is 3.00 bits per heavy atom. The zero-order valence-corrected chi connectivity index (χ0v) is 9.52. The Bertz CT molecular complexity index is 252. The number of rotatable bonds is 4. The Labute approximate surface area is 89.8 Å². The van der Waals surface area contributed by atoms with Gasteiger partial charge in [0.15, 0.2) is 0 Å². The van der Waals surface area contributed by atoms with Crippen LogP contribution in [0, 0.1) is 5.92 Å². The molecule has 14 heavy (non-hydrogen) atoms. The quantitative estimate of drug-likeness (QED) is 0.826. The van der Waals surface area contributed by atoms with Crippen LogP contribution in [0.1, 0.15) is 37.6 Å². The molecular formula is C11H18N2S. The van der Waals surface area contributed by atoms with E-state index in [2.05, 4.69) is 17.2 Å². The standard InChI is InChI=1S/C11H18N2S/c1-9(10-4-2-3-5-10)13-8-11-12-6-7-14-11/h6-7,9-10,13H,2-5,8H2,1H3/t9-/m0/s1. The fraction of sp³-hybridized carbons (Fsp3) is 0.727. The monoisotopic (exact) mass is 210 g/mol. The van der Waals surface area contributed by atoms with E-state index in [9.17, 15) is 0 Å². The molecular weight excluding hydrogens is 192 g/mol. The highest BCUT2D eigenvalue weighted by Gasteiger charge is 2.20. The Morgan fingerprint density at radius 1 is 1.57 bits per heavy atom. The van der Waals surface area contributed by atoms with Crippen LogP contribution >= 0.6 is 11.3 Å². The molecule has 0 spiro atoms. The summed E-state index contributed by atoms with van der Waals surface area (Å²) in [6.45, 7) is 3.25. The van der Waals surface area contributed by atoms with Gasteiger partial charge in [-0.25, -0.2) is 4.98 Å². The first-order valence-electron chi connectivity index (χ1n) is 5.48.